The number of unbranched alkanes of at least 4 members (excludes halogenated alkanes) is 1. The van der Waals surface area contributed by atoms with Gasteiger partial charge in [-0.2, -0.15) is 14.3 Å². The van der Waals surface area contributed by atoms with E-state index < -0.39 is 18.0 Å². The van der Waals surface area contributed by atoms with Gasteiger partial charge in [0.15, 0.2) is 0 Å². The first kappa shape index (κ1) is 19.7. The van der Waals surface area contributed by atoms with Gasteiger partial charge >= 0.3 is 5.97 Å². The molecule has 1 aromatic heterocycles. The molecule has 0 aliphatic rings. The van der Waals surface area contributed by atoms with Gasteiger partial charge in [0.1, 0.15) is 0 Å². The van der Waals surface area contributed by atoms with Crippen molar-refractivity contribution < 1.29 is 23.2 Å². The number of carbonyl (C=O) groups is 2. The molecular formula is C21H17F2NO3S. The number of hydrogen-bond donors (Lipinski definition) is 1. The molecule has 0 atom stereocenters. The lowest BCUT2D eigenvalue weighted by Gasteiger charge is -2.04. The van der Waals surface area contributed by atoms with Gasteiger partial charge in [-0.1, -0.05) is 36.4 Å². The fourth-order valence-corrected chi connectivity index (χ4v) is 3.44. The third kappa shape index (κ3) is 5.23. The van der Waals surface area contributed by atoms with Gasteiger partial charge in [-0.3, -0.25) is 4.79 Å². The van der Waals surface area contributed by atoms with Crippen LogP contribution in [-0.2, 0) is 9.63 Å². The maximum absolute atomic E-state index is 12.1. The molecular weight excluding hydrogens is 384 g/mol. The molecule has 1 heterocycles. The van der Waals surface area contributed by atoms with Gasteiger partial charge in [-0.05, 0) is 58.3 Å². The first-order chi connectivity index (χ1) is 13.5. The molecule has 0 fully saturated rings. The predicted octanol–water partition coefficient (Wildman–Crippen LogP) is 5.71. The lowest BCUT2D eigenvalue weighted by Crippen LogP contribution is -2.26. The van der Waals surface area contributed by atoms with Crippen LogP contribution in [0.3, 0.4) is 0 Å². The average Bonchev–Trinajstić information content (AvgIpc) is 3.19. The second-order valence-electron chi connectivity index (χ2n) is 6.05. The van der Waals surface area contributed by atoms with Gasteiger partial charge in [0.25, 0.3) is 12.0 Å². The van der Waals surface area contributed by atoms with Crippen LogP contribution < -0.4 is 5.48 Å². The zero-order valence-corrected chi connectivity index (χ0v) is 15.6. The smallest absolute Gasteiger partial charge is 0.332 e. The van der Waals surface area contributed by atoms with Crippen molar-refractivity contribution in [1.82, 2.24) is 5.48 Å². The second-order valence-corrected chi connectivity index (χ2v) is 6.96. The lowest BCUT2D eigenvalue weighted by atomic mass is 10.0. The lowest BCUT2D eigenvalue weighted by molar-refractivity contribution is -0.149. The third-order valence-electron chi connectivity index (χ3n) is 4.05. The molecule has 3 aromatic rings. The molecule has 0 aliphatic heterocycles. The number of halogens is 2. The Morgan fingerprint density at radius 3 is 2.61 bits per heavy atom. The van der Waals surface area contributed by atoms with E-state index in [0.717, 1.165) is 28.0 Å². The Morgan fingerprint density at radius 2 is 1.82 bits per heavy atom. The summed E-state index contributed by atoms with van der Waals surface area (Å²) in [6, 6.07) is 15.8. The summed E-state index contributed by atoms with van der Waals surface area (Å²) in [5.41, 5.74) is 3.98. The van der Waals surface area contributed by atoms with Crippen molar-refractivity contribution in [2.24, 2.45) is 0 Å². The van der Waals surface area contributed by atoms with Crippen LogP contribution in [0.15, 0.2) is 66.1 Å². The molecule has 0 spiro atoms. The molecule has 1 N–H and O–H groups in total. The third-order valence-corrected chi connectivity index (χ3v) is 4.98. The summed E-state index contributed by atoms with van der Waals surface area (Å²) in [4.78, 5) is 28.8. The number of carbonyl (C=O) groups excluding carboxylic acids is 2. The molecule has 3 rings (SSSR count). The molecule has 4 nitrogen and oxygen atoms in total. The molecule has 0 radical (unpaired) electrons. The Morgan fingerprint density at radius 1 is 1.04 bits per heavy atom. The van der Waals surface area contributed by atoms with E-state index in [-0.39, 0.29) is 19.3 Å². The van der Waals surface area contributed by atoms with E-state index in [0.29, 0.717) is 4.88 Å². The van der Waals surface area contributed by atoms with E-state index in [2.05, 4.69) is 5.48 Å². The van der Waals surface area contributed by atoms with Crippen LogP contribution in [0.4, 0.5) is 8.78 Å². The van der Waals surface area contributed by atoms with E-state index in [1.807, 2.05) is 47.8 Å². The quantitative estimate of drug-likeness (QED) is 0.425. The van der Waals surface area contributed by atoms with Gasteiger partial charge in [0.05, 0.1) is 4.88 Å². The number of fused-ring (bicyclic) bond motifs is 1. The highest BCUT2D eigenvalue weighted by molar-refractivity contribution is 7.12. The number of amides is 1. The van der Waals surface area contributed by atoms with Gasteiger partial charge < -0.3 is 4.84 Å². The number of thiophene rings is 1. The van der Waals surface area contributed by atoms with Crippen LogP contribution in [0.25, 0.3) is 21.9 Å². The van der Waals surface area contributed by atoms with Crippen LogP contribution in [0.1, 0.15) is 28.9 Å². The number of benzene rings is 2. The minimum atomic E-state index is -1.78. The SMILES string of the molecule is O=C(CCCC=C(F)F)ONC(=O)c1cc(-c2ccc3ccccc3c2)cs1. The Hall–Kier alpha value is -3.06. The summed E-state index contributed by atoms with van der Waals surface area (Å²) in [5, 5.41) is 4.10. The van der Waals surface area contributed by atoms with E-state index in [4.69, 9.17) is 4.84 Å². The van der Waals surface area contributed by atoms with E-state index in [9.17, 15) is 18.4 Å². The topological polar surface area (TPSA) is 55.4 Å². The highest BCUT2D eigenvalue weighted by Crippen LogP contribution is 2.28. The second kappa shape index (κ2) is 9.23. The van der Waals surface area contributed by atoms with Crippen molar-refractivity contribution in [2.75, 3.05) is 0 Å². The number of rotatable bonds is 6. The van der Waals surface area contributed by atoms with Crippen LogP contribution >= 0.6 is 11.3 Å². The van der Waals surface area contributed by atoms with Crippen molar-refractivity contribution in [2.45, 2.75) is 19.3 Å². The average molecular weight is 401 g/mol. The Balaban J connectivity index is 1.56. The molecule has 0 saturated heterocycles. The zero-order chi connectivity index (χ0) is 19.9. The van der Waals surface area contributed by atoms with Gasteiger partial charge in [0, 0.05) is 6.42 Å². The zero-order valence-electron chi connectivity index (χ0n) is 14.8. The molecule has 0 unspecified atom stereocenters. The van der Waals surface area contributed by atoms with Crippen molar-refractivity contribution in [3.8, 4) is 11.1 Å². The normalized spacial score (nSPS) is 10.5. The molecule has 1 amide bonds. The first-order valence-electron chi connectivity index (χ1n) is 8.62. The van der Waals surface area contributed by atoms with E-state index >= 15 is 0 Å². The summed E-state index contributed by atoms with van der Waals surface area (Å²) < 4.78 is 23.8. The standard InChI is InChI=1S/C21H17F2NO3S/c22-19(23)7-3-4-8-20(25)27-24-21(26)18-12-17(13-28-18)16-10-9-14-5-1-2-6-15(14)11-16/h1-2,5-7,9-13H,3-4,8H2,(H,24,26). The number of allylic oxidation sites excluding steroid dienone is 1. The maximum atomic E-state index is 12.1. The van der Waals surface area contributed by atoms with Crippen LogP contribution in [0.5, 0.6) is 0 Å². The van der Waals surface area contributed by atoms with Crippen LogP contribution in [0, 0.1) is 0 Å². The van der Waals surface area contributed by atoms with Crippen LogP contribution in [0.2, 0.25) is 0 Å². The largest absolute Gasteiger partial charge is 0.341 e. The van der Waals surface area contributed by atoms with Crippen molar-refractivity contribution in [1.29, 1.82) is 0 Å². The van der Waals surface area contributed by atoms with E-state index in [1.165, 1.54) is 11.3 Å². The Bertz CT molecular complexity index is 1030. The molecule has 0 aliphatic carbocycles. The maximum Gasteiger partial charge on any atom is 0.332 e. The van der Waals surface area contributed by atoms with Gasteiger partial charge in [-0.15, -0.1) is 11.3 Å². The fraction of sp³-hybridized carbons (Fsp3) is 0.143. The molecule has 2 aromatic carbocycles. The molecule has 7 heteroatoms. The molecule has 0 saturated carbocycles. The van der Waals surface area contributed by atoms with E-state index in [1.54, 1.807) is 6.07 Å². The molecule has 0 bridgehead atoms. The minimum Gasteiger partial charge on any atom is -0.341 e. The summed E-state index contributed by atoms with van der Waals surface area (Å²) in [5.74, 6) is -1.20. The number of hydroxylamine groups is 1. The van der Waals surface area contributed by atoms with Crippen LogP contribution in [-0.4, -0.2) is 11.9 Å². The first-order valence-corrected chi connectivity index (χ1v) is 9.50. The number of hydrogen-bond acceptors (Lipinski definition) is 4. The summed E-state index contributed by atoms with van der Waals surface area (Å²) in [6.45, 7) is 0. The molecule has 28 heavy (non-hydrogen) atoms. The van der Waals surface area contributed by atoms with Crippen molar-refractivity contribution in [3.63, 3.8) is 0 Å². The highest BCUT2D eigenvalue weighted by Gasteiger charge is 2.13. The Labute approximate surface area is 164 Å². The van der Waals surface area contributed by atoms with Gasteiger partial charge in [-0.25, -0.2) is 4.79 Å². The van der Waals surface area contributed by atoms with Crippen molar-refractivity contribution >= 4 is 34.0 Å². The molecule has 144 valence electrons. The minimum absolute atomic E-state index is 0.0587. The van der Waals surface area contributed by atoms with Crippen molar-refractivity contribution in [3.05, 3.63) is 70.9 Å². The Kier molecular flexibility index (Phi) is 6.49. The predicted molar refractivity (Wildman–Crippen MR) is 105 cm³/mol. The summed E-state index contributed by atoms with van der Waals surface area (Å²) in [7, 11) is 0. The summed E-state index contributed by atoms with van der Waals surface area (Å²) >= 11 is 1.24. The van der Waals surface area contributed by atoms with Gasteiger partial charge in [0.2, 0.25) is 0 Å². The summed E-state index contributed by atoms with van der Waals surface area (Å²) in [6.07, 6.45) is -0.799. The highest BCUT2D eigenvalue weighted by atomic mass is 32.1. The fourth-order valence-electron chi connectivity index (χ4n) is 2.64. The number of nitrogens with one attached hydrogen (secondary N) is 1. The monoisotopic (exact) mass is 401 g/mol.